The molecule has 2 rings (SSSR count). The molecule has 2 aromatic carbocycles. The average Bonchev–Trinajstić information content (AvgIpc) is 2.44. The minimum atomic E-state index is -0.900. The Kier molecular flexibility index (Phi) is 4.32. The maximum absolute atomic E-state index is 11.7. The van der Waals surface area contributed by atoms with E-state index in [9.17, 15) is 9.59 Å². The van der Waals surface area contributed by atoms with Crippen molar-refractivity contribution in [3.05, 3.63) is 48.0 Å². The molecule has 0 aliphatic carbocycles. The van der Waals surface area contributed by atoms with E-state index in [1.54, 1.807) is 0 Å². The van der Waals surface area contributed by atoms with Crippen molar-refractivity contribution in [2.24, 2.45) is 11.5 Å². The summed E-state index contributed by atoms with van der Waals surface area (Å²) in [5.74, 6) is -0.963. The van der Waals surface area contributed by atoms with E-state index in [0.29, 0.717) is 6.54 Å². The monoisotopic (exact) mass is 271 g/mol. The Hall–Kier alpha value is -2.40. The molecule has 104 valence electrons. The van der Waals surface area contributed by atoms with E-state index < -0.39 is 11.9 Å². The standard InChI is InChI=1S/C15H17N3O2/c16-13(8-14(17)19)15(20)18-9-11-6-3-5-10-4-1-2-7-12(10)11/h1-7,13H,8-9,16H2,(H2,17,19)(H,18,20). The quantitative estimate of drug-likeness (QED) is 0.745. The van der Waals surface area contributed by atoms with Gasteiger partial charge in [0.2, 0.25) is 11.8 Å². The molecule has 0 fully saturated rings. The molecular weight excluding hydrogens is 254 g/mol. The Balaban J connectivity index is 2.06. The lowest BCUT2D eigenvalue weighted by Gasteiger charge is -2.12. The zero-order chi connectivity index (χ0) is 14.5. The Morgan fingerprint density at radius 2 is 1.80 bits per heavy atom. The largest absolute Gasteiger partial charge is 0.370 e. The summed E-state index contributed by atoms with van der Waals surface area (Å²) in [7, 11) is 0. The molecule has 1 unspecified atom stereocenters. The van der Waals surface area contributed by atoms with Gasteiger partial charge in [-0.05, 0) is 16.3 Å². The molecule has 20 heavy (non-hydrogen) atoms. The number of fused-ring (bicyclic) bond motifs is 1. The van der Waals surface area contributed by atoms with Gasteiger partial charge in [-0.15, -0.1) is 0 Å². The van der Waals surface area contributed by atoms with Gasteiger partial charge < -0.3 is 16.8 Å². The van der Waals surface area contributed by atoms with Crippen molar-refractivity contribution in [1.29, 1.82) is 0 Å². The van der Waals surface area contributed by atoms with E-state index >= 15 is 0 Å². The van der Waals surface area contributed by atoms with Gasteiger partial charge in [-0.25, -0.2) is 0 Å². The molecule has 5 N–H and O–H groups in total. The summed E-state index contributed by atoms with van der Waals surface area (Å²) in [6.45, 7) is 0.368. The minimum Gasteiger partial charge on any atom is -0.370 e. The predicted molar refractivity (Wildman–Crippen MR) is 77.6 cm³/mol. The van der Waals surface area contributed by atoms with Crippen molar-refractivity contribution in [1.82, 2.24) is 5.32 Å². The summed E-state index contributed by atoms with van der Waals surface area (Å²) in [5.41, 5.74) is 11.6. The third-order valence-electron chi connectivity index (χ3n) is 3.09. The van der Waals surface area contributed by atoms with Crippen LogP contribution in [0.5, 0.6) is 0 Å². The number of carbonyl (C=O) groups is 2. The van der Waals surface area contributed by atoms with Crippen LogP contribution < -0.4 is 16.8 Å². The van der Waals surface area contributed by atoms with Gasteiger partial charge in [-0.1, -0.05) is 42.5 Å². The van der Waals surface area contributed by atoms with E-state index in [4.69, 9.17) is 11.5 Å². The van der Waals surface area contributed by atoms with Crippen LogP contribution in [0.1, 0.15) is 12.0 Å². The zero-order valence-corrected chi connectivity index (χ0v) is 11.0. The molecule has 0 heterocycles. The lowest BCUT2D eigenvalue weighted by atomic mass is 10.0. The van der Waals surface area contributed by atoms with E-state index in [0.717, 1.165) is 16.3 Å². The van der Waals surface area contributed by atoms with E-state index in [1.807, 2.05) is 42.5 Å². The molecule has 1 atom stereocenters. The molecule has 0 saturated carbocycles. The zero-order valence-electron chi connectivity index (χ0n) is 11.0. The van der Waals surface area contributed by atoms with Crippen molar-refractivity contribution >= 4 is 22.6 Å². The van der Waals surface area contributed by atoms with Gasteiger partial charge in [0.1, 0.15) is 0 Å². The maximum Gasteiger partial charge on any atom is 0.237 e. The average molecular weight is 271 g/mol. The summed E-state index contributed by atoms with van der Waals surface area (Å²) in [6, 6.07) is 12.9. The number of amides is 2. The fourth-order valence-electron chi connectivity index (χ4n) is 2.07. The van der Waals surface area contributed by atoms with Crippen LogP contribution in [-0.2, 0) is 16.1 Å². The lowest BCUT2D eigenvalue weighted by molar-refractivity contribution is -0.126. The molecule has 0 aromatic heterocycles. The SMILES string of the molecule is NC(=O)CC(N)C(=O)NCc1cccc2ccccc12. The van der Waals surface area contributed by atoms with Crippen molar-refractivity contribution in [3.63, 3.8) is 0 Å². The van der Waals surface area contributed by atoms with Crippen LogP contribution in [0.15, 0.2) is 42.5 Å². The summed E-state index contributed by atoms with van der Waals surface area (Å²) < 4.78 is 0. The van der Waals surface area contributed by atoms with Gasteiger partial charge in [-0.3, -0.25) is 9.59 Å². The van der Waals surface area contributed by atoms with Gasteiger partial charge >= 0.3 is 0 Å². The van der Waals surface area contributed by atoms with Crippen LogP contribution in [-0.4, -0.2) is 17.9 Å². The van der Waals surface area contributed by atoms with Crippen LogP contribution in [0, 0.1) is 0 Å². The highest BCUT2D eigenvalue weighted by Crippen LogP contribution is 2.18. The summed E-state index contributed by atoms with van der Waals surface area (Å²) in [6.07, 6.45) is -0.151. The Morgan fingerprint density at radius 3 is 2.55 bits per heavy atom. The third kappa shape index (κ3) is 3.33. The summed E-state index contributed by atoms with van der Waals surface area (Å²) in [4.78, 5) is 22.5. The number of carbonyl (C=O) groups excluding carboxylic acids is 2. The first-order chi connectivity index (χ1) is 9.58. The van der Waals surface area contributed by atoms with Crippen molar-refractivity contribution < 1.29 is 9.59 Å². The maximum atomic E-state index is 11.7. The highest BCUT2D eigenvalue weighted by atomic mass is 16.2. The van der Waals surface area contributed by atoms with E-state index in [2.05, 4.69) is 5.32 Å². The fourth-order valence-corrected chi connectivity index (χ4v) is 2.07. The Labute approximate surface area is 116 Å². The molecule has 0 radical (unpaired) electrons. The smallest absolute Gasteiger partial charge is 0.237 e. The number of hydrogen-bond donors (Lipinski definition) is 3. The van der Waals surface area contributed by atoms with Crippen molar-refractivity contribution in [2.45, 2.75) is 19.0 Å². The Bertz CT molecular complexity index is 635. The van der Waals surface area contributed by atoms with Gasteiger partial charge in [0, 0.05) is 6.54 Å². The van der Waals surface area contributed by atoms with E-state index in [1.165, 1.54) is 0 Å². The number of nitrogens with one attached hydrogen (secondary N) is 1. The van der Waals surface area contributed by atoms with Crippen LogP contribution in [0.2, 0.25) is 0 Å². The highest BCUT2D eigenvalue weighted by molar-refractivity contribution is 5.89. The molecule has 0 saturated heterocycles. The molecule has 2 amide bonds. The molecule has 0 aliphatic rings. The van der Waals surface area contributed by atoms with Crippen LogP contribution in [0.3, 0.4) is 0 Å². The summed E-state index contributed by atoms with van der Waals surface area (Å²) >= 11 is 0. The minimum absolute atomic E-state index is 0.151. The fraction of sp³-hybridized carbons (Fsp3) is 0.200. The van der Waals surface area contributed by atoms with Gasteiger partial charge in [0.15, 0.2) is 0 Å². The molecule has 5 heteroatoms. The lowest BCUT2D eigenvalue weighted by Crippen LogP contribution is -2.42. The van der Waals surface area contributed by atoms with Crippen LogP contribution in [0.4, 0.5) is 0 Å². The number of hydrogen-bond acceptors (Lipinski definition) is 3. The first-order valence-electron chi connectivity index (χ1n) is 6.36. The topological polar surface area (TPSA) is 98.2 Å². The van der Waals surface area contributed by atoms with Crippen LogP contribution in [0.25, 0.3) is 10.8 Å². The molecular formula is C15H17N3O2. The van der Waals surface area contributed by atoms with Crippen LogP contribution >= 0.6 is 0 Å². The highest BCUT2D eigenvalue weighted by Gasteiger charge is 2.15. The first kappa shape index (κ1) is 14.0. The molecule has 0 aliphatic heterocycles. The van der Waals surface area contributed by atoms with Crippen molar-refractivity contribution in [3.8, 4) is 0 Å². The van der Waals surface area contributed by atoms with Crippen molar-refractivity contribution in [2.75, 3.05) is 0 Å². The third-order valence-corrected chi connectivity index (χ3v) is 3.09. The van der Waals surface area contributed by atoms with Gasteiger partial charge in [0.05, 0.1) is 12.5 Å². The Morgan fingerprint density at radius 1 is 1.10 bits per heavy atom. The molecule has 5 nitrogen and oxygen atoms in total. The second-order valence-corrected chi connectivity index (χ2v) is 4.63. The first-order valence-corrected chi connectivity index (χ1v) is 6.36. The number of rotatable bonds is 5. The number of primary amides is 1. The molecule has 2 aromatic rings. The summed E-state index contributed by atoms with van der Waals surface area (Å²) in [5, 5.41) is 4.92. The van der Waals surface area contributed by atoms with Gasteiger partial charge in [-0.2, -0.15) is 0 Å². The second kappa shape index (κ2) is 6.16. The number of nitrogens with two attached hydrogens (primary N) is 2. The molecule has 0 spiro atoms. The number of benzene rings is 2. The normalized spacial score (nSPS) is 12.1. The van der Waals surface area contributed by atoms with E-state index in [-0.39, 0.29) is 12.3 Å². The second-order valence-electron chi connectivity index (χ2n) is 4.63. The molecule has 0 bridgehead atoms. The predicted octanol–water partition coefficient (Wildman–Crippen LogP) is 0.659. The van der Waals surface area contributed by atoms with Gasteiger partial charge in [0.25, 0.3) is 0 Å².